The topological polar surface area (TPSA) is 28.7 Å². The van der Waals surface area contributed by atoms with Crippen LogP contribution in [0.5, 0.6) is 0 Å². The van der Waals surface area contributed by atoms with Crippen molar-refractivity contribution in [3.05, 3.63) is 35.3 Å². The summed E-state index contributed by atoms with van der Waals surface area (Å²) in [6, 6.07) is 7.15. The lowest BCUT2D eigenvalue weighted by molar-refractivity contribution is 0.617. The highest BCUT2D eigenvalue weighted by atomic mass is 19.1. The van der Waals surface area contributed by atoms with Crippen molar-refractivity contribution in [1.82, 2.24) is 4.57 Å². The van der Waals surface area contributed by atoms with Crippen molar-refractivity contribution in [3.8, 4) is 6.07 Å². The first kappa shape index (κ1) is 9.72. The summed E-state index contributed by atoms with van der Waals surface area (Å²) in [4.78, 5) is 0. The zero-order valence-electron chi connectivity index (χ0n) is 8.71. The minimum absolute atomic E-state index is 0.117. The Balaban J connectivity index is 2.73. The number of halogens is 1. The quantitative estimate of drug-likeness (QED) is 0.698. The van der Waals surface area contributed by atoms with Crippen LogP contribution in [0.3, 0.4) is 0 Å². The second-order valence-electron chi connectivity index (χ2n) is 3.68. The van der Waals surface area contributed by atoms with Gasteiger partial charge in [0.1, 0.15) is 5.82 Å². The predicted octanol–water partition coefficient (Wildman–Crippen LogP) is 2.69. The average Bonchev–Trinajstić information content (AvgIpc) is 2.45. The molecule has 2 rings (SSSR count). The monoisotopic (exact) mass is 202 g/mol. The highest BCUT2D eigenvalue weighted by molar-refractivity contribution is 5.82. The van der Waals surface area contributed by atoms with Gasteiger partial charge in [0, 0.05) is 29.2 Å². The molecule has 0 aliphatic carbocycles. The Kier molecular flexibility index (Phi) is 2.20. The van der Waals surface area contributed by atoms with E-state index in [4.69, 9.17) is 5.26 Å². The van der Waals surface area contributed by atoms with Gasteiger partial charge in [-0.25, -0.2) is 4.39 Å². The van der Waals surface area contributed by atoms with Crippen LogP contribution in [0.25, 0.3) is 10.9 Å². The standard InChI is InChI=1S/C12H11FN2/c1-8-5-10-6-11(13)9(3-4-14)7-12(10)15(8)2/h5-7H,3H2,1-2H3. The van der Waals surface area contributed by atoms with Gasteiger partial charge in [-0.05, 0) is 25.1 Å². The van der Waals surface area contributed by atoms with Crippen molar-refractivity contribution in [2.45, 2.75) is 13.3 Å². The Morgan fingerprint density at radius 2 is 2.13 bits per heavy atom. The molecular formula is C12H11FN2. The highest BCUT2D eigenvalue weighted by Crippen LogP contribution is 2.22. The van der Waals surface area contributed by atoms with Crippen molar-refractivity contribution in [2.24, 2.45) is 7.05 Å². The van der Waals surface area contributed by atoms with Crippen molar-refractivity contribution >= 4 is 10.9 Å². The van der Waals surface area contributed by atoms with Crippen LogP contribution in [0.15, 0.2) is 18.2 Å². The molecule has 2 nitrogen and oxygen atoms in total. The predicted molar refractivity (Wildman–Crippen MR) is 56.9 cm³/mol. The Hall–Kier alpha value is -1.82. The van der Waals surface area contributed by atoms with E-state index in [1.165, 1.54) is 6.07 Å². The van der Waals surface area contributed by atoms with Gasteiger partial charge in [0.25, 0.3) is 0 Å². The molecule has 0 atom stereocenters. The van der Waals surface area contributed by atoms with Crippen molar-refractivity contribution in [2.75, 3.05) is 0 Å². The van der Waals surface area contributed by atoms with Gasteiger partial charge in [-0.15, -0.1) is 0 Å². The lowest BCUT2D eigenvalue weighted by atomic mass is 10.1. The number of fused-ring (bicyclic) bond motifs is 1. The first-order chi connectivity index (χ1) is 7.13. The van der Waals surface area contributed by atoms with E-state index in [0.717, 1.165) is 16.6 Å². The lowest BCUT2D eigenvalue weighted by Gasteiger charge is -2.02. The summed E-state index contributed by atoms with van der Waals surface area (Å²) < 4.78 is 15.5. The van der Waals surface area contributed by atoms with Crippen LogP contribution in [0, 0.1) is 24.1 Å². The smallest absolute Gasteiger partial charge is 0.128 e. The van der Waals surface area contributed by atoms with Crippen LogP contribution in [-0.2, 0) is 13.5 Å². The summed E-state index contributed by atoms with van der Waals surface area (Å²) in [5.74, 6) is -0.297. The number of rotatable bonds is 1. The molecule has 0 unspecified atom stereocenters. The number of hydrogen-bond acceptors (Lipinski definition) is 1. The summed E-state index contributed by atoms with van der Waals surface area (Å²) in [7, 11) is 1.94. The summed E-state index contributed by atoms with van der Waals surface area (Å²) in [5.41, 5.74) is 2.52. The van der Waals surface area contributed by atoms with Gasteiger partial charge in [0.15, 0.2) is 0 Å². The Bertz CT molecular complexity index is 561. The fourth-order valence-corrected chi connectivity index (χ4v) is 1.76. The van der Waals surface area contributed by atoms with Gasteiger partial charge in [0.05, 0.1) is 12.5 Å². The lowest BCUT2D eigenvalue weighted by Crippen LogP contribution is -1.93. The van der Waals surface area contributed by atoms with E-state index in [1.807, 2.05) is 30.7 Å². The van der Waals surface area contributed by atoms with Crippen molar-refractivity contribution in [3.63, 3.8) is 0 Å². The van der Waals surface area contributed by atoms with E-state index >= 15 is 0 Å². The van der Waals surface area contributed by atoms with E-state index in [2.05, 4.69) is 0 Å². The van der Waals surface area contributed by atoms with Crippen LogP contribution in [0.4, 0.5) is 4.39 Å². The van der Waals surface area contributed by atoms with Crippen LogP contribution in [0.1, 0.15) is 11.3 Å². The first-order valence-corrected chi connectivity index (χ1v) is 4.75. The molecule has 0 saturated heterocycles. The molecule has 3 heteroatoms. The third-order valence-corrected chi connectivity index (χ3v) is 2.72. The number of benzene rings is 1. The molecule has 0 saturated carbocycles. The van der Waals surface area contributed by atoms with Crippen LogP contribution in [0.2, 0.25) is 0 Å². The molecule has 2 aromatic rings. The Morgan fingerprint density at radius 1 is 1.40 bits per heavy atom. The molecule has 0 radical (unpaired) electrons. The molecular weight excluding hydrogens is 191 g/mol. The Morgan fingerprint density at radius 3 is 2.80 bits per heavy atom. The summed E-state index contributed by atoms with van der Waals surface area (Å²) in [5, 5.41) is 9.45. The summed E-state index contributed by atoms with van der Waals surface area (Å²) >= 11 is 0. The van der Waals surface area contributed by atoms with Gasteiger partial charge in [-0.1, -0.05) is 0 Å². The Labute approximate surface area is 87.6 Å². The van der Waals surface area contributed by atoms with Crippen LogP contribution < -0.4 is 0 Å². The summed E-state index contributed by atoms with van der Waals surface area (Å²) in [6.07, 6.45) is 0.117. The molecule has 0 spiro atoms. The number of aryl methyl sites for hydroxylation is 2. The number of nitriles is 1. The molecule has 1 heterocycles. The van der Waals surface area contributed by atoms with Gasteiger partial charge < -0.3 is 4.57 Å². The first-order valence-electron chi connectivity index (χ1n) is 4.75. The fourth-order valence-electron chi connectivity index (χ4n) is 1.76. The molecule has 76 valence electrons. The van der Waals surface area contributed by atoms with Gasteiger partial charge in [-0.3, -0.25) is 0 Å². The largest absolute Gasteiger partial charge is 0.348 e. The second-order valence-corrected chi connectivity index (χ2v) is 3.68. The maximum absolute atomic E-state index is 13.5. The normalized spacial score (nSPS) is 10.5. The molecule has 0 amide bonds. The zero-order valence-corrected chi connectivity index (χ0v) is 8.71. The number of aromatic nitrogens is 1. The minimum Gasteiger partial charge on any atom is -0.348 e. The zero-order chi connectivity index (χ0) is 11.0. The van der Waals surface area contributed by atoms with Crippen molar-refractivity contribution in [1.29, 1.82) is 5.26 Å². The highest BCUT2D eigenvalue weighted by Gasteiger charge is 2.08. The third-order valence-electron chi connectivity index (χ3n) is 2.72. The van der Waals surface area contributed by atoms with E-state index in [0.29, 0.717) is 5.56 Å². The van der Waals surface area contributed by atoms with Crippen LogP contribution >= 0.6 is 0 Å². The van der Waals surface area contributed by atoms with Gasteiger partial charge >= 0.3 is 0 Å². The van der Waals surface area contributed by atoms with Gasteiger partial charge in [-0.2, -0.15) is 5.26 Å². The maximum Gasteiger partial charge on any atom is 0.128 e. The fraction of sp³-hybridized carbons (Fsp3) is 0.250. The maximum atomic E-state index is 13.5. The molecule has 0 fully saturated rings. The van der Waals surface area contributed by atoms with Gasteiger partial charge in [0.2, 0.25) is 0 Å². The average molecular weight is 202 g/mol. The second kappa shape index (κ2) is 3.39. The number of hydrogen-bond donors (Lipinski definition) is 0. The summed E-state index contributed by atoms with van der Waals surface area (Å²) in [6.45, 7) is 1.97. The molecule has 1 aromatic heterocycles. The number of nitrogens with zero attached hydrogens (tertiary/aromatic N) is 2. The molecule has 0 bridgehead atoms. The molecule has 0 aliphatic rings. The van der Waals surface area contributed by atoms with E-state index in [9.17, 15) is 4.39 Å². The third kappa shape index (κ3) is 1.48. The van der Waals surface area contributed by atoms with E-state index in [1.54, 1.807) is 6.07 Å². The van der Waals surface area contributed by atoms with Crippen LogP contribution in [-0.4, -0.2) is 4.57 Å². The van der Waals surface area contributed by atoms with E-state index < -0.39 is 0 Å². The SMILES string of the molecule is Cc1cc2cc(F)c(CC#N)cc2n1C. The molecule has 1 aromatic carbocycles. The molecule has 0 aliphatic heterocycles. The van der Waals surface area contributed by atoms with Crippen molar-refractivity contribution < 1.29 is 4.39 Å². The molecule has 0 N–H and O–H groups in total. The minimum atomic E-state index is -0.297. The molecule has 15 heavy (non-hydrogen) atoms. The van der Waals surface area contributed by atoms with E-state index in [-0.39, 0.29) is 12.2 Å².